The molecule has 0 bridgehead atoms. The monoisotopic (exact) mass is 452 g/mol. The molecular weight excluding hydrogens is 432 g/mol. The van der Waals surface area contributed by atoms with Crippen LogP contribution in [0.3, 0.4) is 0 Å². The average Bonchev–Trinajstić information content (AvgIpc) is 3.10. The van der Waals surface area contributed by atoms with Crippen LogP contribution in [-0.4, -0.2) is 18.9 Å². The van der Waals surface area contributed by atoms with Crippen molar-refractivity contribution in [1.29, 1.82) is 0 Å². The number of amides is 1. The second-order valence-electron chi connectivity index (χ2n) is 7.47. The lowest BCUT2D eigenvalue weighted by Crippen LogP contribution is -2.18. The summed E-state index contributed by atoms with van der Waals surface area (Å²) >= 11 is 6.13. The van der Waals surface area contributed by atoms with Crippen molar-refractivity contribution in [3.8, 4) is 0 Å². The first-order valence-corrected chi connectivity index (χ1v) is 11.6. The first-order valence-electron chi connectivity index (χ1n) is 9.71. The molecule has 0 saturated heterocycles. The third kappa shape index (κ3) is 4.22. The van der Waals surface area contributed by atoms with Crippen LogP contribution in [0.15, 0.2) is 82.7 Å². The van der Waals surface area contributed by atoms with Gasteiger partial charge < -0.3 is 9.88 Å². The van der Waals surface area contributed by atoms with Gasteiger partial charge in [-0.2, -0.15) is 0 Å². The van der Waals surface area contributed by atoms with Crippen LogP contribution >= 0.6 is 11.6 Å². The van der Waals surface area contributed by atoms with Gasteiger partial charge in [-0.25, -0.2) is 8.42 Å². The van der Waals surface area contributed by atoms with Crippen molar-refractivity contribution in [1.82, 2.24) is 4.57 Å². The molecule has 0 aliphatic heterocycles. The summed E-state index contributed by atoms with van der Waals surface area (Å²) in [5.41, 5.74) is 3.16. The minimum atomic E-state index is -3.74. The van der Waals surface area contributed by atoms with Gasteiger partial charge in [-0.05, 0) is 49.7 Å². The Kier molecular flexibility index (Phi) is 5.60. The van der Waals surface area contributed by atoms with Crippen LogP contribution in [0.2, 0.25) is 5.02 Å². The highest BCUT2D eigenvalue weighted by molar-refractivity contribution is 7.91. The molecule has 0 aliphatic rings. The number of anilines is 1. The molecule has 1 aromatic heterocycles. The van der Waals surface area contributed by atoms with Crippen molar-refractivity contribution in [3.05, 3.63) is 89.1 Å². The second-order valence-corrected chi connectivity index (χ2v) is 9.79. The number of halogens is 1. The molecule has 31 heavy (non-hydrogen) atoms. The molecule has 1 heterocycles. The van der Waals surface area contributed by atoms with E-state index in [9.17, 15) is 13.2 Å². The minimum Gasteiger partial charge on any atom is -0.337 e. The van der Waals surface area contributed by atoms with Crippen LogP contribution in [0.1, 0.15) is 11.1 Å². The molecule has 1 amide bonds. The van der Waals surface area contributed by atoms with E-state index in [1.54, 1.807) is 59.2 Å². The maximum atomic E-state index is 13.3. The Morgan fingerprint density at radius 2 is 1.71 bits per heavy atom. The molecule has 0 fully saturated rings. The largest absolute Gasteiger partial charge is 0.337 e. The number of para-hydroxylation sites is 1. The van der Waals surface area contributed by atoms with Crippen LogP contribution in [0.4, 0.5) is 5.69 Å². The van der Waals surface area contributed by atoms with Crippen LogP contribution in [-0.2, 0) is 21.2 Å². The number of carbonyl (C=O) groups is 1. The van der Waals surface area contributed by atoms with E-state index in [0.717, 1.165) is 11.1 Å². The second kappa shape index (κ2) is 8.21. The highest BCUT2D eigenvalue weighted by atomic mass is 35.5. The zero-order valence-corrected chi connectivity index (χ0v) is 18.7. The van der Waals surface area contributed by atoms with E-state index >= 15 is 0 Å². The number of sulfone groups is 1. The number of nitrogens with one attached hydrogen (secondary N) is 1. The molecule has 1 N–H and O–H groups in total. The maximum absolute atomic E-state index is 13.3. The summed E-state index contributed by atoms with van der Waals surface area (Å²) < 4.78 is 28.2. The standard InChI is InChI=1S/C24H21ClN2O3S/c1-16-7-11-19(12-8-16)31(29,30)23-14-27(22-6-4-3-5-20(22)23)15-24(28)26-18-10-9-17(2)21(25)13-18/h3-14H,15H2,1-2H3,(H,26,28). The van der Waals surface area contributed by atoms with Crippen molar-refractivity contribution in [3.63, 3.8) is 0 Å². The van der Waals surface area contributed by atoms with Gasteiger partial charge in [-0.15, -0.1) is 0 Å². The summed E-state index contributed by atoms with van der Waals surface area (Å²) in [5.74, 6) is -0.278. The molecule has 0 unspecified atom stereocenters. The van der Waals surface area contributed by atoms with Gasteiger partial charge in [0.2, 0.25) is 15.7 Å². The lowest BCUT2D eigenvalue weighted by Gasteiger charge is -2.08. The van der Waals surface area contributed by atoms with Crippen LogP contribution in [0, 0.1) is 13.8 Å². The summed E-state index contributed by atoms with van der Waals surface area (Å²) in [7, 11) is -3.74. The number of benzene rings is 3. The summed E-state index contributed by atoms with van der Waals surface area (Å²) in [5, 5.41) is 3.96. The molecule has 3 aromatic carbocycles. The quantitative estimate of drug-likeness (QED) is 0.441. The molecule has 0 saturated carbocycles. The van der Waals surface area contributed by atoms with E-state index in [0.29, 0.717) is 21.6 Å². The Morgan fingerprint density at radius 1 is 1.00 bits per heavy atom. The highest BCUT2D eigenvalue weighted by Crippen LogP contribution is 2.30. The van der Waals surface area contributed by atoms with E-state index in [2.05, 4.69) is 5.32 Å². The minimum absolute atomic E-state index is 0.0323. The molecule has 4 aromatic rings. The number of carbonyl (C=O) groups excluding carboxylic acids is 1. The average molecular weight is 453 g/mol. The topological polar surface area (TPSA) is 68.2 Å². The van der Waals surface area contributed by atoms with Gasteiger partial charge in [0.05, 0.1) is 9.79 Å². The van der Waals surface area contributed by atoms with Crippen molar-refractivity contribution in [2.45, 2.75) is 30.2 Å². The van der Waals surface area contributed by atoms with E-state index in [-0.39, 0.29) is 22.2 Å². The van der Waals surface area contributed by atoms with E-state index < -0.39 is 9.84 Å². The van der Waals surface area contributed by atoms with E-state index in [1.807, 2.05) is 26.0 Å². The normalized spacial score (nSPS) is 11.6. The first-order chi connectivity index (χ1) is 14.8. The molecule has 5 nitrogen and oxygen atoms in total. The number of hydrogen-bond donors (Lipinski definition) is 1. The number of aryl methyl sites for hydroxylation is 2. The lowest BCUT2D eigenvalue weighted by molar-refractivity contribution is -0.116. The fourth-order valence-electron chi connectivity index (χ4n) is 3.43. The van der Waals surface area contributed by atoms with Crippen LogP contribution in [0.5, 0.6) is 0 Å². The van der Waals surface area contributed by atoms with Crippen molar-refractivity contribution in [2.24, 2.45) is 0 Å². The van der Waals surface area contributed by atoms with E-state index in [4.69, 9.17) is 11.6 Å². The van der Waals surface area contributed by atoms with Crippen LogP contribution in [0.25, 0.3) is 10.9 Å². The zero-order valence-electron chi connectivity index (χ0n) is 17.1. The Labute approximate surface area is 186 Å². The molecule has 0 atom stereocenters. The third-order valence-electron chi connectivity index (χ3n) is 5.14. The van der Waals surface area contributed by atoms with Crippen molar-refractivity contribution < 1.29 is 13.2 Å². The molecular formula is C24H21ClN2O3S. The van der Waals surface area contributed by atoms with Gasteiger partial charge in [0.25, 0.3) is 0 Å². The summed E-state index contributed by atoms with van der Waals surface area (Å²) in [6.45, 7) is 3.76. The number of aromatic nitrogens is 1. The Balaban J connectivity index is 1.69. The fourth-order valence-corrected chi connectivity index (χ4v) is 5.09. The van der Waals surface area contributed by atoms with Gasteiger partial charge in [0.15, 0.2) is 0 Å². The highest BCUT2D eigenvalue weighted by Gasteiger charge is 2.23. The van der Waals surface area contributed by atoms with Gasteiger partial charge in [-0.1, -0.05) is 53.6 Å². The SMILES string of the molecule is Cc1ccc(S(=O)(=O)c2cn(CC(=O)Nc3ccc(C)c(Cl)c3)c3ccccc23)cc1. The Bertz CT molecular complexity index is 1390. The summed E-state index contributed by atoms with van der Waals surface area (Å²) in [6.07, 6.45) is 1.53. The molecule has 0 spiro atoms. The molecule has 7 heteroatoms. The number of hydrogen-bond acceptors (Lipinski definition) is 3. The van der Waals surface area contributed by atoms with Gasteiger partial charge in [0, 0.05) is 27.8 Å². The first kappa shape index (κ1) is 21.2. The molecule has 0 radical (unpaired) electrons. The van der Waals surface area contributed by atoms with Gasteiger partial charge in [-0.3, -0.25) is 4.79 Å². The van der Waals surface area contributed by atoms with Crippen molar-refractivity contribution in [2.75, 3.05) is 5.32 Å². The lowest BCUT2D eigenvalue weighted by atomic mass is 10.2. The Hall–Kier alpha value is -3.09. The molecule has 158 valence electrons. The van der Waals surface area contributed by atoms with Gasteiger partial charge >= 0.3 is 0 Å². The Morgan fingerprint density at radius 3 is 2.42 bits per heavy atom. The predicted octanol–water partition coefficient (Wildman–Crippen LogP) is 5.38. The van der Waals surface area contributed by atoms with E-state index in [1.165, 1.54) is 6.20 Å². The predicted molar refractivity (Wildman–Crippen MR) is 123 cm³/mol. The number of fused-ring (bicyclic) bond motifs is 1. The maximum Gasteiger partial charge on any atom is 0.244 e. The fraction of sp³-hybridized carbons (Fsp3) is 0.125. The van der Waals surface area contributed by atoms with Crippen molar-refractivity contribution >= 4 is 43.9 Å². The summed E-state index contributed by atoms with van der Waals surface area (Å²) in [4.78, 5) is 13.1. The molecule has 4 rings (SSSR count). The zero-order chi connectivity index (χ0) is 22.2. The van der Waals surface area contributed by atoms with Gasteiger partial charge in [0.1, 0.15) is 6.54 Å². The number of rotatable bonds is 5. The van der Waals surface area contributed by atoms with Crippen LogP contribution < -0.4 is 5.32 Å². The number of nitrogens with zero attached hydrogens (tertiary/aromatic N) is 1. The summed E-state index contributed by atoms with van der Waals surface area (Å²) in [6, 6.07) is 19.2. The third-order valence-corrected chi connectivity index (χ3v) is 7.35. The smallest absolute Gasteiger partial charge is 0.244 e. The molecule has 0 aliphatic carbocycles.